The van der Waals surface area contributed by atoms with Gasteiger partial charge in [0.05, 0.1) is 0 Å². The average Bonchev–Trinajstić information content (AvgIpc) is 3.07. The van der Waals surface area contributed by atoms with Gasteiger partial charge in [0.25, 0.3) is 5.91 Å². The van der Waals surface area contributed by atoms with Crippen LogP contribution in [0.2, 0.25) is 5.02 Å². The topological polar surface area (TPSA) is 47.8 Å². The first kappa shape index (κ1) is 16.6. The van der Waals surface area contributed by atoms with E-state index in [0.29, 0.717) is 6.42 Å². The second-order valence-corrected chi connectivity index (χ2v) is 10.7. The zero-order chi connectivity index (χ0) is 18.2. The molecule has 0 radical (unpaired) electrons. The summed E-state index contributed by atoms with van der Waals surface area (Å²) in [5.41, 5.74) is 1.26. The van der Waals surface area contributed by atoms with Gasteiger partial charge >= 0.3 is 0 Å². The van der Waals surface area contributed by atoms with Gasteiger partial charge in [0.15, 0.2) is 11.0 Å². The smallest absolute Gasteiger partial charge is 0.250 e. The fourth-order valence-electron chi connectivity index (χ4n) is 6.42. The molecular formula is C21H22ClN3OS. The Morgan fingerprint density at radius 1 is 1.04 bits per heavy atom. The lowest BCUT2D eigenvalue weighted by Crippen LogP contribution is -2.49. The number of rotatable bonds is 2. The molecule has 0 amide bonds. The molecule has 0 saturated heterocycles. The van der Waals surface area contributed by atoms with Gasteiger partial charge < -0.3 is 0 Å². The van der Waals surface area contributed by atoms with E-state index < -0.39 is 0 Å². The molecular weight excluding hydrogens is 378 g/mol. The third kappa shape index (κ3) is 2.61. The van der Waals surface area contributed by atoms with Crippen molar-refractivity contribution in [1.82, 2.24) is 14.8 Å². The van der Waals surface area contributed by atoms with Crippen molar-refractivity contribution >= 4 is 29.3 Å². The lowest BCUT2D eigenvalue weighted by atomic mass is 9.49. The Labute approximate surface area is 168 Å². The summed E-state index contributed by atoms with van der Waals surface area (Å²) in [6, 6.07) is 7.81. The fourth-order valence-corrected chi connectivity index (χ4v) is 7.70. The van der Waals surface area contributed by atoms with E-state index in [1.54, 1.807) is 16.4 Å². The number of fused-ring (bicyclic) bond motifs is 1. The van der Waals surface area contributed by atoms with Crippen molar-refractivity contribution in [2.24, 2.45) is 17.8 Å². The number of halogens is 1. The fraction of sp³-hybridized carbons (Fsp3) is 0.571. The van der Waals surface area contributed by atoms with Crippen LogP contribution in [0.3, 0.4) is 0 Å². The van der Waals surface area contributed by atoms with Crippen molar-refractivity contribution in [2.45, 2.75) is 60.8 Å². The van der Waals surface area contributed by atoms with Gasteiger partial charge in [-0.25, -0.2) is 4.98 Å². The van der Waals surface area contributed by atoms with E-state index in [1.165, 1.54) is 38.5 Å². The third-order valence-electron chi connectivity index (χ3n) is 7.18. The molecule has 4 fully saturated rings. The van der Waals surface area contributed by atoms with Crippen LogP contribution in [0.5, 0.6) is 0 Å². The summed E-state index contributed by atoms with van der Waals surface area (Å²) < 4.78 is 1.59. The third-order valence-corrected chi connectivity index (χ3v) is 8.63. The summed E-state index contributed by atoms with van der Waals surface area (Å²) in [5, 5.41) is 6.37. The molecule has 140 valence electrons. The molecule has 1 aromatic carbocycles. The van der Waals surface area contributed by atoms with Gasteiger partial charge in [-0.3, -0.25) is 4.79 Å². The van der Waals surface area contributed by atoms with Gasteiger partial charge in [-0.15, -0.1) is 5.10 Å². The summed E-state index contributed by atoms with van der Waals surface area (Å²) in [4.78, 5) is 17.7. The Kier molecular flexibility index (Phi) is 3.59. The van der Waals surface area contributed by atoms with E-state index in [1.807, 2.05) is 24.3 Å². The standard InChI is InChI=1S/C21H22ClN3OS/c22-16-3-1-15(2-4-16)17-8-18(26)25-20(27-17)23-19(24-25)21-9-12-5-13(10-21)7-14(6-12)11-21/h1-4,12-14,17H,5-11H2/t12?,13?,14?,17-,21?/m1/s1. The minimum absolute atomic E-state index is 0.0622. The zero-order valence-corrected chi connectivity index (χ0v) is 16.7. The number of carbonyl (C=O) groups is 1. The number of carbonyl (C=O) groups excluding carboxylic acids is 1. The molecule has 4 bridgehead atoms. The molecule has 7 rings (SSSR count). The molecule has 5 aliphatic rings. The summed E-state index contributed by atoms with van der Waals surface area (Å²) in [7, 11) is 0. The highest BCUT2D eigenvalue weighted by molar-refractivity contribution is 7.99. The first-order valence-corrected chi connectivity index (χ1v) is 11.3. The Balaban J connectivity index is 1.34. The number of hydrogen-bond acceptors (Lipinski definition) is 4. The Morgan fingerprint density at radius 3 is 2.30 bits per heavy atom. The van der Waals surface area contributed by atoms with Crippen LogP contribution in [0.1, 0.15) is 66.4 Å². The molecule has 6 heteroatoms. The average molecular weight is 400 g/mol. The van der Waals surface area contributed by atoms with Crippen LogP contribution in [0.4, 0.5) is 0 Å². The van der Waals surface area contributed by atoms with Crippen LogP contribution < -0.4 is 0 Å². The normalized spacial score (nSPS) is 36.9. The summed E-state index contributed by atoms with van der Waals surface area (Å²) >= 11 is 7.68. The largest absolute Gasteiger partial charge is 0.272 e. The van der Waals surface area contributed by atoms with E-state index in [4.69, 9.17) is 21.7 Å². The Hall–Kier alpha value is -1.33. The molecule has 2 heterocycles. The van der Waals surface area contributed by atoms with Crippen molar-refractivity contribution in [3.63, 3.8) is 0 Å². The second-order valence-electron chi connectivity index (χ2n) is 9.08. The van der Waals surface area contributed by atoms with Crippen LogP contribution >= 0.6 is 23.4 Å². The van der Waals surface area contributed by atoms with Crippen molar-refractivity contribution < 1.29 is 4.79 Å². The van der Waals surface area contributed by atoms with Crippen LogP contribution in [-0.4, -0.2) is 20.7 Å². The first-order valence-electron chi connectivity index (χ1n) is 10.0. The maximum atomic E-state index is 12.8. The lowest BCUT2D eigenvalue weighted by molar-refractivity contribution is -0.00944. The van der Waals surface area contributed by atoms with E-state index in [9.17, 15) is 4.79 Å². The van der Waals surface area contributed by atoms with Crippen LogP contribution in [0.15, 0.2) is 29.4 Å². The minimum atomic E-state index is 0.0622. The lowest BCUT2D eigenvalue weighted by Gasteiger charge is -2.55. The van der Waals surface area contributed by atoms with Gasteiger partial charge in [0, 0.05) is 22.1 Å². The van der Waals surface area contributed by atoms with Gasteiger partial charge in [0.1, 0.15) is 0 Å². The molecule has 0 unspecified atom stereocenters. The van der Waals surface area contributed by atoms with Gasteiger partial charge in [-0.05, 0) is 74.0 Å². The number of hydrogen-bond donors (Lipinski definition) is 0. The van der Waals surface area contributed by atoms with Gasteiger partial charge in [-0.2, -0.15) is 4.68 Å². The molecule has 0 spiro atoms. The molecule has 2 aromatic rings. The quantitative estimate of drug-likeness (QED) is 0.689. The molecule has 27 heavy (non-hydrogen) atoms. The minimum Gasteiger partial charge on any atom is -0.272 e. The van der Waals surface area contributed by atoms with E-state index >= 15 is 0 Å². The maximum absolute atomic E-state index is 12.8. The monoisotopic (exact) mass is 399 g/mol. The van der Waals surface area contributed by atoms with Gasteiger partial charge in [0.2, 0.25) is 0 Å². The number of aromatic nitrogens is 3. The molecule has 4 nitrogen and oxygen atoms in total. The maximum Gasteiger partial charge on any atom is 0.250 e. The van der Waals surface area contributed by atoms with E-state index in [-0.39, 0.29) is 16.6 Å². The Bertz CT molecular complexity index is 887. The molecule has 4 saturated carbocycles. The first-order chi connectivity index (χ1) is 13.1. The van der Waals surface area contributed by atoms with Crippen LogP contribution in [0, 0.1) is 17.8 Å². The highest BCUT2D eigenvalue weighted by Crippen LogP contribution is 2.60. The van der Waals surface area contributed by atoms with E-state index in [2.05, 4.69) is 0 Å². The highest BCUT2D eigenvalue weighted by Gasteiger charge is 2.54. The van der Waals surface area contributed by atoms with Gasteiger partial charge in [-0.1, -0.05) is 35.5 Å². The van der Waals surface area contributed by atoms with E-state index in [0.717, 1.165) is 39.3 Å². The molecule has 1 aromatic heterocycles. The van der Waals surface area contributed by atoms with Crippen molar-refractivity contribution in [1.29, 1.82) is 0 Å². The predicted octanol–water partition coefficient (Wildman–Crippen LogP) is 5.28. The molecule has 1 aliphatic heterocycles. The summed E-state index contributed by atoms with van der Waals surface area (Å²) in [6.45, 7) is 0. The van der Waals surface area contributed by atoms with Crippen molar-refractivity contribution in [2.75, 3.05) is 0 Å². The van der Waals surface area contributed by atoms with Crippen molar-refractivity contribution in [3.8, 4) is 0 Å². The molecule has 4 aliphatic carbocycles. The molecule has 1 atom stereocenters. The Morgan fingerprint density at radius 2 is 1.67 bits per heavy atom. The number of nitrogens with zero attached hydrogens (tertiary/aromatic N) is 3. The number of benzene rings is 1. The van der Waals surface area contributed by atoms with Crippen LogP contribution in [0.25, 0.3) is 0 Å². The second kappa shape index (κ2) is 5.84. The number of thioether (sulfide) groups is 1. The zero-order valence-electron chi connectivity index (χ0n) is 15.1. The van der Waals surface area contributed by atoms with Crippen molar-refractivity contribution in [3.05, 3.63) is 40.7 Å². The molecule has 0 N–H and O–H groups in total. The SMILES string of the molecule is O=C1C[C@H](c2ccc(Cl)cc2)Sc2nc(C34CC5CC(CC(C5)C3)C4)nn21. The summed E-state index contributed by atoms with van der Waals surface area (Å²) in [6.07, 6.45) is 8.34. The van der Waals surface area contributed by atoms with Crippen LogP contribution in [-0.2, 0) is 5.41 Å². The summed E-state index contributed by atoms with van der Waals surface area (Å²) in [5.74, 6) is 3.56. The predicted molar refractivity (Wildman–Crippen MR) is 105 cm³/mol. The highest BCUT2D eigenvalue weighted by atomic mass is 35.5.